The van der Waals surface area contributed by atoms with Crippen LogP contribution in [0, 0.1) is 18.3 Å². The van der Waals surface area contributed by atoms with Gasteiger partial charge in [-0.15, -0.1) is 0 Å². The van der Waals surface area contributed by atoms with E-state index in [0.29, 0.717) is 5.56 Å². The summed E-state index contributed by atoms with van der Waals surface area (Å²) < 4.78 is 2.16. The molecular formula is C24H26N4O. The minimum absolute atomic E-state index is 0.675. The molecule has 0 atom stereocenters. The predicted molar refractivity (Wildman–Crippen MR) is 112 cm³/mol. The maximum absolute atomic E-state index is 11.1. The molecule has 2 aromatic carbocycles. The molecule has 1 aliphatic heterocycles. The molecule has 4 rings (SSSR count). The molecule has 2 heterocycles. The Balaban J connectivity index is 1.39. The van der Waals surface area contributed by atoms with Crippen molar-refractivity contribution in [2.75, 3.05) is 13.1 Å². The summed E-state index contributed by atoms with van der Waals surface area (Å²) in [6.07, 6.45) is 5.26. The van der Waals surface area contributed by atoms with E-state index < -0.39 is 5.60 Å². The van der Waals surface area contributed by atoms with Gasteiger partial charge in [-0.3, -0.25) is 4.90 Å². The average Bonchev–Trinajstić information content (AvgIpc) is 3.17. The van der Waals surface area contributed by atoms with Gasteiger partial charge in [0, 0.05) is 32.4 Å². The quantitative estimate of drug-likeness (QED) is 0.728. The van der Waals surface area contributed by atoms with Crippen LogP contribution in [0.1, 0.15) is 40.8 Å². The van der Waals surface area contributed by atoms with E-state index in [9.17, 15) is 5.11 Å². The summed E-state index contributed by atoms with van der Waals surface area (Å²) in [5.74, 6) is 0. The van der Waals surface area contributed by atoms with Crippen LogP contribution in [0.15, 0.2) is 61.1 Å². The smallest absolute Gasteiger partial charge is 0.0991 e. The molecule has 29 heavy (non-hydrogen) atoms. The number of aromatic nitrogens is 2. The van der Waals surface area contributed by atoms with E-state index in [0.717, 1.165) is 55.8 Å². The number of aryl methyl sites for hydroxylation is 1. The minimum Gasteiger partial charge on any atom is -0.385 e. The fraction of sp³-hybridized carbons (Fsp3) is 0.333. The summed E-state index contributed by atoms with van der Waals surface area (Å²) >= 11 is 0. The fourth-order valence-corrected chi connectivity index (χ4v) is 4.04. The zero-order valence-electron chi connectivity index (χ0n) is 16.8. The van der Waals surface area contributed by atoms with Gasteiger partial charge in [0.05, 0.1) is 29.3 Å². The Labute approximate surface area is 171 Å². The van der Waals surface area contributed by atoms with Crippen LogP contribution in [0.4, 0.5) is 0 Å². The number of piperidine rings is 1. The monoisotopic (exact) mass is 386 g/mol. The second-order valence-corrected chi connectivity index (χ2v) is 8.00. The molecule has 0 spiro atoms. The first-order valence-corrected chi connectivity index (χ1v) is 10.1. The van der Waals surface area contributed by atoms with E-state index >= 15 is 0 Å². The van der Waals surface area contributed by atoms with Crippen molar-refractivity contribution < 1.29 is 5.11 Å². The van der Waals surface area contributed by atoms with Crippen molar-refractivity contribution >= 4 is 0 Å². The van der Waals surface area contributed by atoms with Crippen LogP contribution in [0.25, 0.3) is 0 Å². The van der Waals surface area contributed by atoms with Crippen LogP contribution in [0.2, 0.25) is 0 Å². The van der Waals surface area contributed by atoms with Gasteiger partial charge in [-0.05, 0) is 43.0 Å². The lowest BCUT2D eigenvalue weighted by atomic mass is 9.84. The van der Waals surface area contributed by atoms with Crippen LogP contribution in [-0.2, 0) is 18.7 Å². The summed E-state index contributed by atoms with van der Waals surface area (Å²) in [5, 5.41) is 20.1. The van der Waals surface area contributed by atoms with Crippen molar-refractivity contribution in [2.24, 2.45) is 0 Å². The lowest BCUT2D eigenvalue weighted by Gasteiger charge is -2.38. The number of imidazole rings is 1. The molecule has 148 valence electrons. The molecule has 5 nitrogen and oxygen atoms in total. The molecule has 0 saturated carbocycles. The van der Waals surface area contributed by atoms with E-state index in [-0.39, 0.29) is 0 Å². The van der Waals surface area contributed by atoms with Crippen molar-refractivity contribution in [3.05, 3.63) is 89.0 Å². The highest BCUT2D eigenvalue weighted by molar-refractivity contribution is 5.32. The number of hydrogen-bond acceptors (Lipinski definition) is 4. The number of likely N-dealkylation sites (tertiary alicyclic amines) is 1. The zero-order valence-corrected chi connectivity index (χ0v) is 16.8. The average molecular weight is 386 g/mol. The normalized spacial score (nSPS) is 16.4. The number of rotatable bonds is 5. The fourth-order valence-electron chi connectivity index (χ4n) is 4.04. The molecule has 1 aliphatic rings. The van der Waals surface area contributed by atoms with Crippen LogP contribution >= 0.6 is 0 Å². The third-order valence-electron chi connectivity index (χ3n) is 5.86. The maximum atomic E-state index is 11.1. The zero-order chi connectivity index (χ0) is 20.3. The first kappa shape index (κ1) is 19.4. The largest absolute Gasteiger partial charge is 0.385 e. The Hall–Kier alpha value is -2.94. The Morgan fingerprint density at radius 3 is 2.55 bits per heavy atom. The number of nitrogens with zero attached hydrogens (tertiary/aromatic N) is 4. The van der Waals surface area contributed by atoms with Crippen LogP contribution < -0.4 is 0 Å². The van der Waals surface area contributed by atoms with E-state index in [1.54, 1.807) is 0 Å². The third-order valence-corrected chi connectivity index (χ3v) is 5.86. The van der Waals surface area contributed by atoms with Crippen molar-refractivity contribution in [1.29, 1.82) is 5.26 Å². The molecule has 0 amide bonds. The van der Waals surface area contributed by atoms with Gasteiger partial charge in [0.25, 0.3) is 0 Å². The highest BCUT2D eigenvalue weighted by Gasteiger charge is 2.34. The molecule has 1 fully saturated rings. The van der Waals surface area contributed by atoms with Crippen LogP contribution in [-0.4, -0.2) is 32.6 Å². The topological polar surface area (TPSA) is 65.1 Å². The van der Waals surface area contributed by atoms with E-state index in [4.69, 9.17) is 5.26 Å². The Morgan fingerprint density at radius 2 is 1.86 bits per heavy atom. The lowest BCUT2D eigenvalue weighted by Crippen LogP contribution is -2.42. The Kier molecular flexibility index (Phi) is 5.48. The molecule has 0 unspecified atom stereocenters. The molecule has 0 aliphatic carbocycles. The second-order valence-electron chi connectivity index (χ2n) is 8.00. The van der Waals surface area contributed by atoms with E-state index in [2.05, 4.69) is 39.6 Å². The van der Waals surface area contributed by atoms with E-state index in [1.807, 2.05) is 48.9 Å². The number of benzene rings is 2. The van der Waals surface area contributed by atoms with Crippen LogP contribution in [0.5, 0.6) is 0 Å². The number of aliphatic hydroxyl groups is 1. The van der Waals surface area contributed by atoms with Gasteiger partial charge in [0.1, 0.15) is 0 Å². The number of nitriles is 1. The summed E-state index contributed by atoms with van der Waals surface area (Å²) in [6, 6.07) is 18.1. The van der Waals surface area contributed by atoms with Gasteiger partial charge >= 0.3 is 0 Å². The first-order valence-electron chi connectivity index (χ1n) is 10.1. The molecule has 0 bridgehead atoms. The molecule has 1 aromatic heterocycles. The van der Waals surface area contributed by atoms with Crippen molar-refractivity contribution in [3.8, 4) is 6.07 Å². The van der Waals surface area contributed by atoms with Gasteiger partial charge in [-0.1, -0.05) is 42.0 Å². The van der Waals surface area contributed by atoms with Gasteiger partial charge in [-0.25, -0.2) is 4.98 Å². The highest BCUT2D eigenvalue weighted by Crippen LogP contribution is 2.33. The molecule has 5 heteroatoms. The summed E-state index contributed by atoms with van der Waals surface area (Å²) in [4.78, 5) is 6.72. The molecule has 1 saturated heterocycles. The highest BCUT2D eigenvalue weighted by atomic mass is 16.3. The van der Waals surface area contributed by atoms with E-state index in [1.165, 1.54) is 5.56 Å². The maximum Gasteiger partial charge on any atom is 0.0991 e. The summed E-state index contributed by atoms with van der Waals surface area (Å²) in [7, 11) is 0. The predicted octanol–water partition coefficient (Wildman–Crippen LogP) is 3.60. The second kappa shape index (κ2) is 8.20. The number of hydrogen-bond donors (Lipinski definition) is 1. The summed E-state index contributed by atoms with van der Waals surface area (Å²) in [5.41, 5.74) is 4.47. The van der Waals surface area contributed by atoms with Crippen molar-refractivity contribution in [3.63, 3.8) is 0 Å². The Bertz CT molecular complexity index is 1010. The van der Waals surface area contributed by atoms with Gasteiger partial charge in [-0.2, -0.15) is 5.26 Å². The molecule has 1 N–H and O–H groups in total. The van der Waals surface area contributed by atoms with Crippen molar-refractivity contribution in [1.82, 2.24) is 14.5 Å². The summed E-state index contributed by atoms with van der Waals surface area (Å²) in [6.45, 7) is 5.33. The minimum atomic E-state index is -0.731. The van der Waals surface area contributed by atoms with Gasteiger partial charge in [0.2, 0.25) is 0 Å². The standard InChI is InChI=1S/C24H26N4O/c1-19-3-2-4-22(13-19)24(29)9-11-27(12-10-24)17-23-15-26-18-28(23)16-21-7-5-20(14-25)6-8-21/h2-8,13,15,18,29H,9-12,16-17H2,1H3. The molecule has 3 aromatic rings. The first-order chi connectivity index (χ1) is 14.1. The molecular weight excluding hydrogens is 360 g/mol. The van der Waals surface area contributed by atoms with Crippen LogP contribution in [0.3, 0.4) is 0 Å². The SMILES string of the molecule is Cc1cccc(C2(O)CCN(Cc3cncn3Cc3ccc(C#N)cc3)CC2)c1. The lowest BCUT2D eigenvalue weighted by molar-refractivity contribution is -0.0281. The van der Waals surface area contributed by atoms with Crippen molar-refractivity contribution in [2.45, 2.75) is 38.5 Å². The molecule has 0 radical (unpaired) electrons. The third kappa shape index (κ3) is 4.40. The van der Waals surface area contributed by atoms with Gasteiger partial charge in [0.15, 0.2) is 0 Å². The van der Waals surface area contributed by atoms with Gasteiger partial charge < -0.3 is 9.67 Å². The Morgan fingerprint density at radius 1 is 1.10 bits per heavy atom.